The van der Waals surface area contributed by atoms with Crippen LogP contribution in [0.5, 0.6) is 0 Å². The maximum Gasteiger partial charge on any atom is 0.326 e. The maximum atomic E-state index is 12.3. The number of carbonyl (C=O) groups excluding carboxylic acids is 1. The summed E-state index contributed by atoms with van der Waals surface area (Å²) < 4.78 is 5.39. The van der Waals surface area contributed by atoms with Crippen LogP contribution in [0.1, 0.15) is 34.3 Å². The number of carbonyl (C=O) groups is 3. The highest BCUT2D eigenvalue weighted by Crippen LogP contribution is 2.26. The van der Waals surface area contributed by atoms with Gasteiger partial charge in [-0.2, -0.15) is 9.97 Å². The second-order valence-electron chi connectivity index (χ2n) is 6.90. The molecule has 0 radical (unpaired) electrons. The van der Waals surface area contributed by atoms with Crippen molar-refractivity contribution in [2.75, 3.05) is 11.5 Å². The Kier molecular flexibility index (Phi) is 6.34. The highest BCUT2D eigenvalue weighted by atomic mass is 16.4. The first-order valence-corrected chi connectivity index (χ1v) is 9.38. The lowest BCUT2D eigenvalue weighted by atomic mass is 10.0. The number of carboxylic acids is 2. The molecular formula is C20H21N5O6. The van der Waals surface area contributed by atoms with Crippen LogP contribution in [0.25, 0.3) is 11.1 Å². The van der Waals surface area contributed by atoms with E-state index in [9.17, 15) is 14.4 Å². The highest BCUT2D eigenvalue weighted by Gasteiger charge is 2.21. The Morgan fingerprint density at radius 2 is 1.77 bits per heavy atom. The molecule has 2 heterocycles. The van der Waals surface area contributed by atoms with Crippen LogP contribution in [0.4, 0.5) is 11.8 Å². The number of amides is 1. The number of anilines is 2. The van der Waals surface area contributed by atoms with Crippen LogP contribution in [-0.2, 0) is 22.4 Å². The summed E-state index contributed by atoms with van der Waals surface area (Å²) in [5.74, 6) is -2.73. The summed E-state index contributed by atoms with van der Waals surface area (Å²) >= 11 is 0. The number of benzene rings is 1. The molecule has 0 saturated carbocycles. The lowest BCUT2D eigenvalue weighted by Crippen LogP contribution is -2.41. The number of furan rings is 1. The Balaban J connectivity index is 1.63. The summed E-state index contributed by atoms with van der Waals surface area (Å²) in [7, 11) is 0. The standard InChI is InChI=1S/C20H21N5O6/c21-16-15-12(9-31-18(15)25-20(22)24-16)6-3-10-1-4-11(5-2-10)17(28)23-13(19(29)30)7-8-14(26)27/h1-2,4-5,9,13H,3,6-8H2,(H,23,28)(H,26,27)(H,29,30)(H4,21,22,24,25). The number of hydrogen-bond acceptors (Lipinski definition) is 8. The first-order chi connectivity index (χ1) is 14.7. The lowest BCUT2D eigenvalue weighted by molar-refractivity contribution is -0.140. The van der Waals surface area contributed by atoms with Crippen molar-refractivity contribution in [1.29, 1.82) is 0 Å². The molecule has 1 unspecified atom stereocenters. The van der Waals surface area contributed by atoms with Crippen molar-refractivity contribution < 1.29 is 29.0 Å². The van der Waals surface area contributed by atoms with E-state index in [-0.39, 0.29) is 30.2 Å². The number of aromatic nitrogens is 2. The molecule has 3 aromatic rings. The molecule has 11 nitrogen and oxygen atoms in total. The zero-order valence-corrected chi connectivity index (χ0v) is 16.4. The van der Waals surface area contributed by atoms with E-state index in [1.54, 1.807) is 30.5 Å². The van der Waals surface area contributed by atoms with Gasteiger partial charge in [-0.1, -0.05) is 12.1 Å². The number of nitrogens with two attached hydrogens (primary N) is 2. The quantitative estimate of drug-likeness (QED) is 0.331. The number of nitrogen functional groups attached to an aromatic ring is 2. The van der Waals surface area contributed by atoms with E-state index in [1.807, 2.05) is 0 Å². The van der Waals surface area contributed by atoms with E-state index < -0.39 is 23.9 Å². The van der Waals surface area contributed by atoms with Gasteiger partial charge in [-0.25, -0.2) is 4.79 Å². The number of hydrogen-bond donors (Lipinski definition) is 5. The molecule has 0 spiro atoms. The Morgan fingerprint density at radius 1 is 1.06 bits per heavy atom. The summed E-state index contributed by atoms with van der Waals surface area (Å²) in [4.78, 5) is 42.1. The third-order valence-electron chi connectivity index (χ3n) is 4.70. The van der Waals surface area contributed by atoms with Gasteiger partial charge in [0.1, 0.15) is 11.9 Å². The van der Waals surface area contributed by atoms with Gasteiger partial charge in [0.05, 0.1) is 11.6 Å². The molecule has 7 N–H and O–H groups in total. The molecule has 0 bridgehead atoms. The minimum absolute atomic E-state index is 0.0351. The fourth-order valence-electron chi connectivity index (χ4n) is 3.10. The Morgan fingerprint density at radius 3 is 2.42 bits per heavy atom. The van der Waals surface area contributed by atoms with Crippen LogP contribution in [0.15, 0.2) is 34.9 Å². The third-order valence-corrected chi connectivity index (χ3v) is 4.70. The molecule has 0 saturated heterocycles. The van der Waals surface area contributed by atoms with Crippen molar-refractivity contribution >= 4 is 40.7 Å². The van der Waals surface area contributed by atoms with E-state index in [0.717, 1.165) is 11.1 Å². The highest BCUT2D eigenvalue weighted by molar-refractivity contribution is 5.96. The molecule has 0 fully saturated rings. The smallest absolute Gasteiger partial charge is 0.326 e. The molecule has 0 aliphatic carbocycles. The molecule has 31 heavy (non-hydrogen) atoms. The molecule has 1 aromatic carbocycles. The Bertz CT molecular complexity index is 1130. The molecule has 162 valence electrons. The first-order valence-electron chi connectivity index (χ1n) is 9.38. The van der Waals surface area contributed by atoms with Gasteiger partial charge >= 0.3 is 11.9 Å². The van der Waals surface area contributed by atoms with E-state index in [4.69, 9.17) is 26.1 Å². The van der Waals surface area contributed by atoms with E-state index in [0.29, 0.717) is 23.9 Å². The predicted octanol–water partition coefficient (Wildman–Crippen LogP) is 1.22. The summed E-state index contributed by atoms with van der Waals surface area (Å²) in [6.07, 6.45) is 2.20. The van der Waals surface area contributed by atoms with Crippen molar-refractivity contribution in [1.82, 2.24) is 15.3 Å². The van der Waals surface area contributed by atoms with Gasteiger partial charge in [0.2, 0.25) is 11.7 Å². The van der Waals surface area contributed by atoms with Gasteiger partial charge in [-0.15, -0.1) is 0 Å². The largest absolute Gasteiger partial charge is 0.481 e. The van der Waals surface area contributed by atoms with Gasteiger partial charge in [0, 0.05) is 17.5 Å². The minimum Gasteiger partial charge on any atom is -0.481 e. The number of nitrogens with zero attached hydrogens (tertiary/aromatic N) is 2. The molecule has 1 atom stereocenters. The zero-order valence-electron chi connectivity index (χ0n) is 16.4. The second kappa shape index (κ2) is 9.11. The van der Waals surface area contributed by atoms with Crippen molar-refractivity contribution in [3.05, 3.63) is 47.2 Å². The van der Waals surface area contributed by atoms with Crippen LogP contribution < -0.4 is 16.8 Å². The average Bonchev–Trinajstić information content (AvgIpc) is 3.12. The van der Waals surface area contributed by atoms with Crippen LogP contribution in [-0.4, -0.2) is 44.1 Å². The van der Waals surface area contributed by atoms with Crippen molar-refractivity contribution in [2.45, 2.75) is 31.7 Å². The third kappa shape index (κ3) is 5.26. The number of nitrogens with one attached hydrogen (secondary N) is 1. The van der Waals surface area contributed by atoms with Crippen molar-refractivity contribution in [3.8, 4) is 0 Å². The number of fused-ring (bicyclic) bond motifs is 1. The predicted molar refractivity (Wildman–Crippen MR) is 110 cm³/mol. The fourth-order valence-corrected chi connectivity index (χ4v) is 3.10. The molecule has 3 rings (SSSR count). The lowest BCUT2D eigenvalue weighted by Gasteiger charge is -2.13. The minimum atomic E-state index is -1.29. The maximum absolute atomic E-state index is 12.3. The summed E-state index contributed by atoms with van der Waals surface area (Å²) in [5, 5.41) is 20.8. The van der Waals surface area contributed by atoms with Crippen molar-refractivity contribution in [2.24, 2.45) is 0 Å². The van der Waals surface area contributed by atoms with Crippen LogP contribution in [0.3, 0.4) is 0 Å². The van der Waals surface area contributed by atoms with Gasteiger partial charge in [0.15, 0.2) is 0 Å². The van der Waals surface area contributed by atoms with Crippen LogP contribution in [0, 0.1) is 0 Å². The SMILES string of the molecule is Nc1nc(N)c2c(CCc3ccc(C(=O)NC(CCC(=O)O)C(=O)O)cc3)coc2n1. The van der Waals surface area contributed by atoms with Gasteiger partial charge in [-0.05, 0) is 37.0 Å². The van der Waals surface area contributed by atoms with E-state index in [2.05, 4.69) is 15.3 Å². The topological polar surface area (TPSA) is 195 Å². The number of aliphatic carboxylic acids is 2. The first kappa shape index (κ1) is 21.6. The molecular weight excluding hydrogens is 406 g/mol. The van der Waals surface area contributed by atoms with Crippen LogP contribution >= 0.6 is 0 Å². The zero-order chi connectivity index (χ0) is 22.5. The Labute approximate surface area is 176 Å². The molecule has 2 aromatic heterocycles. The number of carboxylic acid groups (broad SMARTS) is 2. The van der Waals surface area contributed by atoms with Gasteiger partial charge in [0.25, 0.3) is 5.91 Å². The van der Waals surface area contributed by atoms with Gasteiger partial charge in [-0.3, -0.25) is 9.59 Å². The second-order valence-corrected chi connectivity index (χ2v) is 6.90. The number of aryl methyl sites for hydroxylation is 2. The van der Waals surface area contributed by atoms with Crippen molar-refractivity contribution in [3.63, 3.8) is 0 Å². The summed E-state index contributed by atoms with van der Waals surface area (Å²) in [5.41, 5.74) is 13.8. The normalized spacial score (nSPS) is 11.9. The van der Waals surface area contributed by atoms with Crippen LogP contribution in [0.2, 0.25) is 0 Å². The van der Waals surface area contributed by atoms with Gasteiger partial charge < -0.3 is 31.4 Å². The fraction of sp³-hybridized carbons (Fsp3) is 0.250. The number of rotatable bonds is 9. The Hall–Kier alpha value is -4.15. The molecule has 0 aliphatic heterocycles. The van der Waals surface area contributed by atoms with E-state index >= 15 is 0 Å². The summed E-state index contributed by atoms with van der Waals surface area (Å²) in [6, 6.07) is 5.38. The molecule has 0 aliphatic rings. The van der Waals surface area contributed by atoms with E-state index in [1.165, 1.54) is 0 Å². The average molecular weight is 427 g/mol. The summed E-state index contributed by atoms with van der Waals surface area (Å²) in [6.45, 7) is 0. The monoisotopic (exact) mass is 427 g/mol. The molecule has 11 heteroatoms. The molecule has 1 amide bonds.